The van der Waals surface area contributed by atoms with Crippen LogP contribution in [0.25, 0.3) is 0 Å². The quantitative estimate of drug-likeness (QED) is 0.434. The lowest BCUT2D eigenvalue weighted by Crippen LogP contribution is -2.13. The second-order valence-electron chi connectivity index (χ2n) is 5.36. The van der Waals surface area contributed by atoms with E-state index in [2.05, 4.69) is 21.2 Å². The molecule has 130 valence electrons. The Hall–Kier alpha value is -2.63. The maximum Gasteiger partial charge on any atom is 0.343 e. The molecule has 0 saturated carbocycles. The number of nitrogens with one attached hydrogen (secondary N) is 1. The van der Waals surface area contributed by atoms with Crippen molar-refractivity contribution in [3.8, 4) is 5.75 Å². The van der Waals surface area contributed by atoms with Gasteiger partial charge in [-0.1, -0.05) is 45.7 Å². The highest BCUT2D eigenvalue weighted by molar-refractivity contribution is 9.10. The van der Waals surface area contributed by atoms with Crippen LogP contribution in [0, 0.1) is 0 Å². The molecule has 0 aliphatic heterocycles. The summed E-state index contributed by atoms with van der Waals surface area (Å²) < 4.78 is 6.23. The van der Waals surface area contributed by atoms with Crippen molar-refractivity contribution in [2.45, 2.75) is 0 Å². The third-order valence-electron chi connectivity index (χ3n) is 3.50. The van der Waals surface area contributed by atoms with Crippen LogP contribution in [0.4, 0.5) is 5.69 Å². The lowest BCUT2D eigenvalue weighted by atomic mass is 10.2. The van der Waals surface area contributed by atoms with Gasteiger partial charge in [-0.3, -0.25) is 4.79 Å². The molecular formula is C20H13BrClNO3. The minimum Gasteiger partial charge on any atom is -0.423 e. The lowest BCUT2D eigenvalue weighted by molar-refractivity contribution is 0.0735. The van der Waals surface area contributed by atoms with E-state index >= 15 is 0 Å². The summed E-state index contributed by atoms with van der Waals surface area (Å²) in [5.74, 6) is -0.492. The van der Waals surface area contributed by atoms with E-state index in [1.807, 2.05) is 0 Å². The molecule has 0 saturated heterocycles. The molecule has 26 heavy (non-hydrogen) atoms. The number of benzene rings is 3. The summed E-state index contributed by atoms with van der Waals surface area (Å²) in [6, 6.07) is 20.2. The highest BCUT2D eigenvalue weighted by Crippen LogP contribution is 2.21. The average Bonchev–Trinajstić information content (AvgIpc) is 2.63. The summed E-state index contributed by atoms with van der Waals surface area (Å²) in [7, 11) is 0. The van der Waals surface area contributed by atoms with Crippen LogP contribution in [0.3, 0.4) is 0 Å². The van der Waals surface area contributed by atoms with Crippen LogP contribution in [-0.2, 0) is 0 Å². The number of carbonyl (C=O) groups excluding carboxylic acids is 2. The van der Waals surface area contributed by atoms with Crippen molar-refractivity contribution >= 4 is 45.1 Å². The molecule has 3 rings (SSSR count). The Morgan fingerprint density at radius 2 is 1.65 bits per heavy atom. The Kier molecular flexibility index (Phi) is 5.71. The second kappa shape index (κ2) is 8.17. The highest BCUT2D eigenvalue weighted by atomic mass is 79.9. The Morgan fingerprint density at radius 1 is 0.923 bits per heavy atom. The molecule has 3 aromatic carbocycles. The van der Waals surface area contributed by atoms with Crippen molar-refractivity contribution in [1.29, 1.82) is 0 Å². The summed E-state index contributed by atoms with van der Waals surface area (Å²) in [4.78, 5) is 24.5. The molecule has 0 bridgehead atoms. The maximum absolute atomic E-state index is 12.3. The SMILES string of the molecule is O=C(Oc1cccc(NC(=O)c2ccccc2Cl)c1)c1ccc(Br)cc1. The Labute approximate surface area is 163 Å². The molecule has 0 aromatic heterocycles. The Morgan fingerprint density at radius 3 is 2.38 bits per heavy atom. The van der Waals surface area contributed by atoms with Crippen molar-refractivity contribution in [2.24, 2.45) is 0 Å². The Balaban J connectivity index is 1.72. The van der Waals surface area contributed by atoms with Gasteiger partial charge in [0.1, 0.15) is 5.75 Å². The molecule has 0 atom stereocenters. The predicted molar refractivity (Wildman–Crippen MR) is 105 cm³/mol. The van der Waals surface area contributed by atoms with Gasteiger partial charge in [-0.05, 0) is 48.5 Å². The number of rotatable bonds is 4. The van der Waals surface area contributed by atoms with Gasteiger partial charge in [0, 0.05) is 16.2 Å². The van der Waals surface area contributed by atoms with Gasteiger partial charge in [0.25, 0.3) is 5.91 Å². The molecule has 0 aliphatic rings. The molecule has 0 spiro atoms. The standard InChI is InChI=1S/C20H13BrClNO3/c21-14-10-8-13(9-11-14)20(25)26-16-5-3-4-15(12-16)23-19(24)17-6-1-2-7-18(17)22/h1-12H,(H,23,24). The van der Waals surface area contributed by atoms with Crippen LogP contribution in [0.5, 0.6) is 5.75 Å². The maximum atomic E-state index is 12.3. The van der Waals surface area contributed by atoms with Gasteiger partial charge in [-0.2, -0.15) is 0 Å². The molecule has 6 heteroatoms. The van der Waals surface area contributed by atoms with Crippen LogP contribution in [0.15, 0.2) is 77.3 Å². The normalized spacial score (nSPS) is 10.2. The lowest BCUT2D eigenvalue weighted by Gasteiger charge is -2.09. The van der Waals surface area contributed by atoms with Crippen molar-refractivity contribution in [2.75, 3.05) is 5.32 Å². The first kappa shape index (κ1) is 18.2. The fraction of sp³-hybridized carbons (Fsp3) is 0. The minimum atomic E-state index is -0.480. The third kappa shape index (κ3) is 4.50. The topological polar surface area (TPSA) is 55.4 Å². The fourth-order valence-corrected chi connectivity index (χ4v) is 2.72. The predicted octanol–water partition coefficient (Wildman–Crippen LogP) is 5.57. The molecule has 0 unspecified atom stereocenters. The molecule has 1 amide bonds. The first-order valence-electron chi connectivity index (χ1n) is 7.66. The van der Waals surface area contributed by atoms with E-state index in [1.165, 1.54) is 0 Å². The van der Waals surface area contributed by atoms with Gasteiger partial charge < -0.3 is 10.1 Å². The summed E-state index contributed by atoms with van der Waals surface area (Å²) in [5, 5.41) is 3.10. The molecule has 4 nitrogen and oxygen atoms in total. The van der Waals surface area contributed by atoms with Gasteiger partial charge in [-0.25, -0.2) is 4.79 Å². The summed E-state index contributed by atoms with van der Waals surface area (Å²) in [6.07, 6.45) is 0. The first-order chi connectivity index (χ1) is 12.5. The van der Waals surface area contributed by atoms with E-state index in [1.54, 1.807) is 72.8 Å². The largest absolute Gasteiger partial charge is 0.423 e. The van der Waals surface area contributed by atoms with Gasteiger partial charge in [0.2, 0.25) is 0 Å². The van der Waals surface area contributed by atoms with Crippen molar-refractivity contribution in [1.82, 2.24) is 0 Å². The van der Waals surface area contributed by atoms with Gasteiger partial charge in [0.05, 0.1) is 16.1 Å². The van der Waals surface area contributed by atoms with E-state index in [9.17, 15) is 9.59 Å². The Bertz CT molecular complexity index is 957. The molecule has 3 aromatic rings. The van der Waals surface area contributed by atoms with E-state index in [4.69, 9.17) is 16.3 Å². The zero-order valence-corrected chi connectivity index (χ0v) is 15.8. The van der Waals surface area contributed by atoms with E-state index in [0.29, 0.717) is 27.6 Å². The second-order valence-corrected chi connectivity index (χ2v) is 6.68. The first-order valence-corrected chi connectivity index (χ1v) is 8.84. The monoisotopic (exact) mass is 429 g/mol. The minimum absolute atomic E-state index is 0.329. The van der Waals surface area contributed by atoms with E-state index < -0.39 is 5.97 Å². The molecule has 0 heterocycles. The number of carbonyl (C=O) groups is 2. The van der Waals surface area contributed by atoms with Crippen LogP contribution in [0.1, 0.15) is 20.7 Å². The number of ether oxygens (including phenoxy) is 1. The number of halogens is 2. The molecule has 1 N–H and O–H groups in total. The van der Waals surface area contributed by atoms with Gasteiger partial charge in [0.15, 0.2) is 0 Å². The number of esters is 1. The van der Waals surface area contributed by atoms with Gasteiger partial charge >= 0.3 is 5.97 Å². The summed E-state index contributed by atoms with van der Waals surface area (Å²) >= 11 is 9.35. The molecule has 0 fully saturated rings. The van der Waals surface area contributed by atoms with Crippen LogP contribution in [-0.4, -0.2) is 11.9 Å². The molecule has 0 radical (unpaired) electrons. The van der Waals surface area contributed by atoms with E-state index in [0.717, 1.165) is 4.47 Å². The fourth-order valence-electron chi connectivity index (χ4n) is 2.23. The van der Waals surface area contributed by atoms with Crippen molar-refractivity contribution < 1.29 is 14.3 Å². The zero-order chi connectivity index (χ0) is 18.5. The van der Waals surface area contributed by atoms with Crippen molar-refractivity contribution in [3.63, 3.8) is 0 Å². The third-order valence-corrected chi connectivity index (χ3v) is 4.36. The number of anilines is 1. The molecule has 0 aliphatic carbocycles. The number of hydrogen-bond donors (Lipinski definition) is 1. The number of hydrogen-bond acceptors (Lipinski definition) is 3. The summed E-state index contributed by atoms with van der Waals surface area (Å²) in [6.45, 7) is 0. The number of amides is 1. The van der Waals surface area contributed by atoms with Crippen molar-refractivity contribution in [3.05, 3.63) is 93.4 Å². The smallest absolute Gasteiger partial charge is 0.343 e. The van der Waals surface area contributed by atoms with Crippen LogP contribution >= 0.6 is 27.5 Å². The average molecular weight is 431 g/mol. The molecular weight excluding hydrogens is 418 g/mol. The summed E-state index contributed by atoms with van der Waals surface area (Å²) in [5.41, 5.74) is 1.29. The van der Waals surface area contributed by atoms with Crippen LogP contribution in [0.2, 0.25) is 5.02 Å². The van der Waals surface area contributed by atoms with Crippen LogP contribution < -0.4 is 10.1 Å². The zero-order valence-electron chi connectivity index (χ0n) is 13.4. The van der Waals surface area contributed by atoms with E-state index in [-0.39, 0.29) is 5.91 Å². The van der Waals surface area contributed by atoms with Gasteiger partial charge in [-0.15, -0.1) is 0 Å². The highest BCUT2D eigenvalue weighted by Gasteiger charge is 2.12.